The summed E-state index contributed by atoms with van der Waals surface area (Å²) >= 11 is 0. The fourth-order valence-electron chi connectivity index (χ4n) is 2.75. The maximum atomic E-state index is 12.6. The Hall–Kier alpha value is -3.53. The fraction of sp³-hybridized carbons (Fsp3) is 0.200. The SMILES string of the molecule is Cc1c(C(=O)OC(C)C(=O)c2ccc(NS(C)(=O)=O)cc2)cnn1-c1ccccn1. The Morgan fingerprint density at radius 2 is 1.83 bits per heavy atom. The lowest BCUT2D eigenvalue weighted by Gasteiger charge is -2.13. The van der Waals surface area contributed by atoms with Crippen LogP contribution in [0.3, 0.4) is 0 Å². The number of ketones is 1. The van der Waals surface area contributed by atoms with Crippen molar-refractivity contribution in [2.75, 3.05) is 11.0 Å². The number of ether oxygens (including phenoxy) is 1. The molecule has 0 radical (unpaired) electrons. The Morgan fingerprint density at radius 3 is 2.43 bits per heavy atom. The lowest BCUT2D eigenvalue weighted by Crippen LogP contribution is -2.24. The van der Waals surface area contributed by atoms with Gasteiger partial charge in [0.15, 0.2) is 11.9 Å². The van der Waals surface area contributed by atoms with Gasteiger partial charge in [-0.05, 0) is 50.2 Å². The van der Waals surface area contributed by atoms with Crippen molar-refractivity contribution >= 4 is 27.5 Å². The fourth-order valence-corrected chi connectivity index (χ4v) is 3.31. The van der Waals surface area contributed by atoms with Crippen LogP contribution in [0.2, 0.25) is 0 Å². The van der Waals surface area contributed by atoms with Crippen molar-refractivity contribution in [3.8, 4) is 5.82 Å². The molecule has 1 unspecified atom stereocenters. The van der Waals surface area contributed by atoms with Crippen LogP contribution >= 0.6 is 0 Å². The molecule has 3 aromatic rings. The van der Waals surface area contributed by atoms with Gasteiger partial charge < -0.3 is 4.74 Å². The highest BCUT2D eigenvalue weighted by Gasteiger charge is 2.23. The second-order valence-electron chi connectivity index (χ2n) is 6.61. The molecule has 0 aliphatic carbocycles. The average molecular weight is 428 g/mol. The highest BCUT2D eigenvalue weighted by molar-refractivity contribution is 7.92. The van der Waals surface area contributed by atoms with Crippen molar-refractivity contribution in [1.29, 1.82) is 0 Å². The average Bonchev–Trinajstić information content (AvgIpc) is 3.09. The molecule has 9 nitrogen and oxygen atoms in total. The number of aromatic nitrogens is 3. The minimum Gasteiger partial charge on any atom is -0.451 e. The van der Waals surface area contributed by atoms with Crippen LogP contribution in [0.25, 0.3) is 5.82 Å². The van der Waals surface area contributed by atoms with Crippen LogP contribution in [0.5, 0.6) is 0 Å². The summed E-state index contributed by atoms with van der Waals surface area (Å²) in [5, 5.41) is 4.17. The van der Waals surface area contributed by atoms with E-state index >= 15 is 0 Å². The summed E-state index contributed by atoms with van der Waals surface area (Å²) in [6, 6.07) is 11.2. The molecule has 1 aromatic carbocycles. The van der Waals surface area contributed by atoms with Crippen molar-refractivity contribution in [1.82, 2.24) is 14.8 Å². The maximum absolute atomic E-state index is 12.6. The standard InChI is InChI=1S/C20H20N4O5S/c1-13-17(12-22-24(13)18-6-4-5-11-21-18)20(26)29-14(2)19(25)15-7-9-16(10-8-15)23-30(3,27)28/h4-12,14,23H,1-3H3. The van der Waals surface area contributed by atoms with Crippen LogP contribution in [0.4, 0.5) is 5.69 Å². The van der Waals surface area contributed by atoms with Gasteiger partial charge in [-0.1, -0.05) is 6.07 Å². The summed E-state index contributed by atoms with van der Waals surface area (Å²) in [6.45, 7) is 3.18. The zero-order valence-electron chi connectivity index (χ0n) is 16.6. The zero-order chi connectivity index (χ0) is 21.9. The number of Topliss-reactive ketones (excluding diaryl/α,β-unsaturated/α-hetero) is 1. The van der Waals surface area contributed by atoms with Crippen LogP contribution in [-0.4, -0.2) is 47.3 Å². The van der Waals surface area contributed by atoms with E-state index < -0.39 is 27.9 Å². The van der Waals surface area contributed by atoms with Gasteiger partial charge in [0, 0.05) is 17.4 Å². The minimum absolute atomic E-state index is 0.230. The van der Waals surface area contributed by atoms with E-state index in [-0.39, 0.29) is 11.1 Å². The first kappa shape index (κ1) is 21.2. The van der Waals surface area contributed by atoms with Crippen molar-refractivity contribution in [2.45, 2.75) is 20.0 Å². The summed E-state index contributed by atoms with van der Waals surface area (Å²) < 4.78 is 31.7. The Morgan fingerprint density at radius 1 is 1.13 bits per heavy atom. The van der Waals surface area contributed by atoms with Gasteiger partial charge in [0.25, 0.3) is 0 Å². The van der Waals surface area contributed by atoms with Crippen molar-refractivity contribution < 1.29 is 22.7 Å². The summed E-state index contributed by atoms with van der Waals surface area (Å²) in [5.74, 6) is -0.532. The van der Waals surface area contributed by atoms with E-state index in [9.17, 15) is 18.0 Å². The van der Waals surface area contributed by atoms with E-state index in [4.69, 9.17) is 4.74 Å². The molecule has 0 fully saturated rings. The first-order valence-corrected chi connectivity index (χ1v) is 10.8. The Bertz CT molecular complexity index is 1170. The number of sulfonamides is 1. The van der Waals surface area contributed by atoms with Crippen LogP contribution in [0, 0.1) is 6.92 Å². The molecule has 0 spiro atoms. The summed E-state index contributed by atoms with van der Waals surface area (Å²) in [7, 11) is -3.41. The second-order valence-corrected chi connectivity index (χ2v) is 8.36. The molecule has 0 aliphatic heterocycles. The van der Waals surface area contributed by atoms with Crippen LogP contribution in [0.15, 0.2) is 54.9 Å². The molecule has 3 rings (SSSR count). The first-order chi connectivity index (χ1) is 14.2. The van der Waals surface area contributed by atoms with Gasteiger partial charge in [-0.15, -0.1) is 0 Å². The monoisotopic (exact) mass is 428 g/mol. The number of nitrogens with one attached hydrogen (secondary N) is 1. The minimum atomic E-state index is -3.41. The molecule has 0 amide bonds. The van der Waals surface area contributed by atoms with Gasteiger partial charge in [0.2, 0.25) is 15.8 Å². The van der Waals surface area contributed by atoms with Crippen LogP contribution in [-0.2, 0) is 14.8 Å². The molecular weight excluding hydrogens is 408 g/mol. The van der Waals surface area contributed by atoms with E-state index in [1.807, 2.05) is 0 Å². The number of pyridine rings is 1. The number of carbonyl (C=O) groups excluding carboxylic acids is 2. The van der Waals surface area contributed by atoms with E-state index in [1.165, 1.54) is 42.1 Å². The van der Waals surface area contributed by atoms with E-state index in [0.717, 1.165) is 6.26 Å². The molecule has 1 atom stereocenters. The number of rotatable bonds is 7. The van der Waals surface area contributed by atoms with E-state index in [1.54, 1.807) is 31.3 Å². The van der Waals surface area contributed by atoms with Gasteiger partial charge >= 0.3 is 5.97 Å². The quantitative estimate of drug-likeness (QED) is 0.453. The number of benzene rings is 1. The first-order valence-electron chi connectivity index (χ1n) is 8.95. The molecule has 10 heteroatoms. The summed E-state index contributed by atoms with van der Waals surface area (Å²) in [6.07, 6.45) is 2.98. The van der Waals surface area contributed by atoms with Gasteiger partial charge in [0.1, 0.15) is 5.56 Å². The third-order valence-corrected chi connectivity index (χ3v) is 4.83. The van der Waals surface area contributed by atoms with Gasteiger partial charge in [0.05, 0.1) is 18.1 Å². The summed E-state index contributed by atoms with van der Waals surface area (Å²) in [5.41, 5.74) is 1.38. The molecule has 0 aliphatic rings. The molecule has 156 valence electrons. The molecular formula is C20H20N4O5S. The Kier molecular flexibility index (Phi) is 5.97. The maximum Gasteiger partial charge on any atom is 0.342 e. The predicted octanol–water partition coefficient (Wildman–Crippen LogP) is 2.38. The predicted molar refractivity (Wildman–Crippen MR) is 110 cm³/mol. The highest BCUT2D eigenvalue weighted by atomic mass is 32.2. The number of esters is 1. The number of anilines is 1. The van der Waals surface area contributed by atoms with Crippen molar-refractivity contribution in [2.24, 2.45) is 0 Å². The van der Waals surface area contributed by atoms with Gasteiger partial charge in [-0.2, -0.15) is 5.10 Å². The van der Waals surface area contributed by atoms with Gasteiger partial charge in [-0.25, -0.2) is 22.9 Å². The number of carbonyl (C=O) groups is 2. The van der Waals surface area contributed by atoms with Crippen molar-refractivity contribution in [3.63, 3.8) is 0 Å². The molecule has 0 saturated heterocycles. The molecule has 2 aromatic heterocycles. The molecule has 30 heavy (non-hydrogen) atoms. The molecule has 0 bridgehead atoms. The number of hydrogen-bond acceptors (Lipinski definition) is 7. The third kappa shape index (κ3) is 4.90. The van der Waals surface area contributed by atoms with Crippen molar-refractivity contribution in [3.05, 3.63) is 71.7 Å². The number of nitrogens with zero attached hydrogens (tertiary/aromatic N) is 3. The summed E-state index contributed by atoms with van der Waals surface area (Å²) in [4.78, 5) is 29.3. The normalized spacial score (nSPS) is 12.2. The lowest BCUT2D eigenvalue weighted by molar-refractivity contribution is 0.0318. The molecule has 1 N–H and O–H groups in total. The topological polar surface area (TPSA) is 120 Å². The second kappa shape index (κ2) is 8.46. The lowest BCUT2D eigenvalue weighted by atomic mass is 10.1. The van der Waals surface area contributed by atoms with E-state index in [2.05, 4.69) is 14.8 Å². The van der Waals surface area contributed by atoms with Crippen LogP contribution in [0.1, 0.15) is 33.3 Å². The zero-order valence-corrected chi connectivity index (χ0v) is 17.4. The van der Waals surface area contributed by atoms with Gasteiger partial charge in [-0.3, -0.25) is 9.52 Å². The Labute approximate surface area is 173 Å². The largest absolute Gasteiger partial charge is 0.451 e. The smallest absolute Gasteiger partial charge is 0.342 e. The van der Waals surface area contributed by atoms with Crippen LogP contribution < -0.4 is 4.72 Å². The third-order valence-electron chi connectivity index (χ3n) is 4.22. The Balaban J connectivity index is 1.70. The van der Waals surface area contributed by atoms with E-state index in [0.29, 0.717) is 17.2 Å². The molecule has 2 heterocycles. The molecule has 0 saturated carbocycles. The number of hydrogen-bond donors (Lipinski definition) is 1. The highest BCUT2D eigenvalue weighted by Crippen LogP contribution is 2.17.